The molecule has 0 bridgehead atoms. The lowest BCUT2D eigenvalue weighted by molar-refractivity contribution is -0.00344. The third kappa shape index (κ3) is 3.55. The Kier molecular flexibility index (Phi) is 4.32. The van der Waals surface area contributed by atoms with Gasteiger partial charge in [0.25, 0.3) is 5.56 Å². The van der Waals surface area contributed by atoms with Gasteiger partial charge >= 0.3 is 6.09 Å². The molecule has 2 heterocycles. The molecule has 1 amide bonds. The number of hydrogen-bond donors (Lipinski definition) is 0. The summed E-state index contributed by atoms with van der Waals surface area (Å²) < 4.78 is 6.94. The normalized spacial score (nSPS) is 15.1. The molecule has 7 nitrogen and oxygen atoms in total. The molecular formula is C18H21N3O4. The van der Waals surface area contributed by atoms with Crippen molar-refractivity contribution in [3.05, 3.63) is 45.7 Å². The molecule has 1 aliphatic rings. The Hall–Kier alpha value is -2.70. The van der Waals surface area contributed by atoms with E-state index in [4.69, 9.17) is 4.74 Å². The van der Waals surface area contributed by atoms with E-state index in [9.17, 15) is 14.5 Å². The summed E-state index contributed by atoms with van der Waals surface area (Å²) in [6.45, 7) is 7.15. The molecule has 1 saturated heterocycles. The van der Waals surface area contributed by atoms with Gasteiger partial charge in [-0.3, -0.25) is 4.79 Å². The van der Waals surface area contributed by atoms with Gasteiger partial charge in [0.1, 0.15) is 11.3 Å². The first-order valence-electron chi connectivity index (χ1n) is 8.22. The molecule has 25 heavy (non-hydrogen) atoms. The first-order valence-corrected chi connectivity index (χ1v) is 8.22. The number of carbonyl (C=O) groups excluding carboxylic acids is 1. The third-order valence-electron chi connectivity index (χ3n) is 4.16. The molecule has 0 aliphatic carbocycles. The van der Waals surface area contributed by atoms with Crippen LogP contribution in [0.4, 0.5) is 10.5 Å². The van der Waals surface area contributed by atoms with E-state index in [0.29, 0.717) is 30.4 Å². The predicted molar refractivity (Wildman–Crippen MR) is 95.0 cm³/mol. The molecule has 0 unspecified atom stereocenters. The van der Waals surface area contributed by atoms with Crippen molar-refractivity contribution in [3.8, 4) is 0 Å². The van der Waals surface area contributed by atoms with E-state index in [0.717, 1.165) is 0 Å². The first kappa shape index (κ1) is 17.1. The summed E-state index contributed by atoms with van der Waals surface area (Å²) in [4.78, 5) is 37.0. The fourth-order valence-corrected chi connectivity index (χ4v) is 2.96. The summed E-state index contributed by atoms with van der Waals surface area (Å²) in [5.74, 6) is 0.204. The second-order valence-corrected chi connectivity index (χ2v) is 7.35. The number of fused-ring (bicyclic) bond motifs is 1. The lowest BCUT2D eigenvalue weighted by atomic mass is 10.0. The van der Waals surface area contributed by atoms with Crippen LogP contribution in [0.25, 0.3) is 10.8 Å². The minimum absolute atomic E-state index is 0.154. The van der Waals surface area contributed by atoms with Gasteiger partial charge in [0.2, 0.25) is 0 Å². The van der Waals surface area contributed by atoms with Crippen LogP contribution in [-0.2, 0) is 11.3 Å². The molecule has 2 aromatic rings. The van der Waals surface area contributed by atoms with Crippen molar-refractivity contribution < 1.29 is 9.53 Å². The Bertz CT molecular complexity index is 876. The molecule has 1 fully saturated rings. The molecule has 0 radical (unpaired) electrons. The van der Waals surface area contributed by atoms with Gasteiger partial charge in [-0.25, -0.2) is 4.79 Å². The molecule has 1 aromatic heterocycles. The van der Waals surface area contributed by atoms with Crippen molar-refractivity contribution in [2.75, 3.05) is 13.1 Å². The number of amides is 1. The molecule has 1 aliphatic heterocycles. The van der Waals surface area contributed by atoms with Crippen LogP contribution < -0.4 is 5.56 Å². The number of likely N-dealkylation sites (tertiary alicyclic amines) is 1. The number of ether oxygens (including phenoxy) is 1. The molecule has 3 rings (SSSR count). The van der Waals surface area contributed by atoms with E-state index in [1.807, 2.05) is 20.8 Å². The summed E-state index contributed by atoms with van der Waals surface area (Å²) >= 11 is 0. The number of carbonyl (C=O) groups is 1. The van der Waals surface area contributed by atoms with E-state index in [2.05, 4.69) is 5.18 Å². The van der Waals surface area contributed by atoms with Gasteiger partial charge in [-0.05, 0) is 44.1 Å². The second kappa shape index (κ2) is 6.31. The van der Waals surface area contributed by atoms with Crippen LogP contribution in [0.3, 0.4) is 0 Å². The van der Waals surface area contributed by atoms with E-state index in [1.165, 1.54) is 0 Å². The highest BCUT2D eigenvalue weighted by atomic mass is 16.6. The van der Waals surface area contributed by atoms with Crippen molar-refractivity contribution in [1.29, 1.82) is 0 Å². The average Bonchev–Trinajstić information content (AvgIpc) is 2.50. The highest BCUT2D eigenvalue weighted by molar-refractivity contribution is 5.91. The number of hydrogen-bond acceptors (Lipinski definition) is 5. The third-order valence-corrected chi connectivity index (χ3v) is 4.16. The number of nitroso groups, excluding NO2 is 1. The SMILES string of the molecule is CC(C)(C)OC(=O)N1CC(Cn2ccc3c(N=O)cccc3c2=O)C1. The molecule has 0 saturated carbocycles. The molecule has 0 N–H and O–H groups in total. The zero-order valence-corrected chi connectivity index (χ0v) is 14.6. The van der Waals surface area contributed by atoms with Gasteiger partial charge in [0, 0.05) is 42.5 Å². The number of nitrogens with zero attached hydrogens (tertiary/aromatic N) is 3. The maximum atomic E-state index is 12.6. The minimum atomic E-state index is -0.512. The Morgan fingerprint density at radius 1 is 1.24 bits per heavy atom. The first-order chi connectivity index (χ1) is 11.8. The zero-order chi connectivity index (χ0) is 18.2. The summed E-state index contributed by atoms with van der Waals surface area (Å²) in [5, 5.41) is 3.99. The van der Waals surface area contributed by atoms with Crippen LogP contribution >= 0.6 is 0 Å². The number of benzene rings is 1. The largest absolute Gasteiger partial charge is 0.444 e. The maximum absolute atomic E-state index is 12.6. The smallest absolute Gasteiger partial charge is 0.410 e. The highest BCUT2D eigenvalue weighted by Crippen LogP contribution is 2.24. The van der Waals surface area contributed by atoms with E-state index in [1.54, 1.807) is 39.9 Å². The van der Waals surface area contributed by atoms with Crippen molar-refractivity contribution in [2.24, 2.45) is 11.1 Å². The van der Waals surface area contributed by atoms with Gasteiger partial charge < -0.3 is 14.2 Å². The fraction of sp³-hybridized carbons (Fsp3) is 0.444. The van der Waals surface area contributed by atoms with Crippen LogP contribution in [0.15, 0.2) is 40.4 Å². The standard InChI is InChI=1S/C18H21N3O4/c1-18(2,3)25-17(23)21-10-12(11-21)9-20-8-7-13-14(16(20)22)5-4-6-15(13)19-24/h4-8,12H,9-11H2,1-3H3. The zero-order valence-electron chi connectivity index (χ0n) is 14.6. The Morgan fingerprint density at radius 3 is 2.60 bits per heavy atom. The van der Waals surface area contributed by atoms with E-state index < -0.39 is 5.60 Å². The minimum Gasteiger partial charge on any atom is -0.444 e. The highest BCUT2D eigenvalue weighted by Gasteiger charge is 2.33. The Morgan fingerprint density at radius 2 is 1.96 bits per heavy atom. The molecule has 0 atom stereocenters. The van der Waals surface area contributed by atoms with Gasteiger partial charge in [-0.15, -0.1) is 4.91 Å². The van der Waals surface area contributed by atoms with Gasteiger partial charge in [0.05, 0.1) is 0 Å². The van der Waals surface area contributed by atoms with Crippen LogP contribution in [0.1, 0.15) is 20.8 Å². The lowest BCUT2D eigenvalue weighted by Gasteiger charge is -2.40. The molecule has 132 valence electrons. The van der Waals surface area contributed by atoms with E-state index >= 15 is 0 Å². The van der Waals surface area contributed by atoms with Crippen LogP contribution in [0, 0.1) is 10.8 Å². The van der Waals surface area contributed by atoms with Crippen LogP contribution in [-0.4, -0.2) is 34.3 Å². The number of rotatable bonds is 3. The molecule has 1 aromatic carbocycles. The molecule has 7 heteroatoms. The quantitative estimate of drug-likeness (QED) is 0.801. The van der Waals surface area contributed by atoms with E-state index in [-0.39, 0.29) is 23.3 Å². The fourth-order valence-electron chi connectivity index (χ4n) is 2.96. The second-order valence-electron chi connectivity index (χ2n) is 7.35. The van der Waals surface area contributed by atoms with Gasteiger partial charge in [0.15, 0.2) is 0 Å². The van der Waals surface area contributed by atoms with Crippen LogP contribution in [0.5, 0.6) is 0 Å². The summed E-state index contributed by atoms with van der Waals surface area (Å²) in [5.41, 5.74) is -0.401. The number of aromatic nitrogens is 1. The lowest BCUT2D eigenvalue weighted by Crippen LogP contribution is -2.53. The van der Waals surface area contributed by atoms with Crippen LogP contribution in [0.2, 0.25) is 0 Å². The maximum Gasteiger partial charge on any atom is 0.410 e. The summed E-state index contributed by atoms with van der Waals surface area (Å²) in [6.07, 6.45) is 1.35. The van der Waals surface area contributed by atoms with Gasteiger partial charge in [-0.2, -0.15) is 0 Å². The summed E-state index contributed by atoms with van der Waals surface area (Å²) in [6, 6.07) is 6.66. The predicted octanol–water partition coefficient (Wildman–Crippen LogP) is 3.27. The Balaban J connectivity index is 1.69. The van der Waals surface area contributed by atoms with Crippen molar-refractivity contribution in [1.82, 2.24) is 9.47 Å². The molecular weight excluding hydrogens is 322 g/mol. The van der Waals surface area contributed by atoms with Crippen molar-refractivity contribution in [3.63, 3.8) is 0 Å². The van der Waals surface area contributed by atoms with Crippen molar-refractivity contribution in [2.45, 2.75) is 32.9 Å². The monoisotopic (exact) mass is 343 g/mol. The Labute approximate surface area is 145 Å². The number of pyridine rings is 1. The van der Waals surface area contributed by atoms with Gasteiger partial charge in [-0.1, -0.05) is 6.07 Å². The summed E-state index contributed by atoms with van der Waals surface area (Å²) in [7, 11) is 0. The average molecular weight is 343 g/mol. The van der Waals surface area contributed by atoms with Crippen molar-refractivity contribution >= 4 is 22.6 Å². The molecule has 0 spiro atoms. The topological polar surface area (TPSA) is 81.0 Å².